The molecule has 2 aromatic carbocycles. The highest BCUT2D eigenvalue weighted by Crippen LogP contribution is 2.41. The van der Waals surface area contributed by atoms with Gasteiger partial charge in [-0.3, -0.25) is 4.79 Å². The lowest BCUT2D eigenvalue weighted by Gasteiger charge is -2.04. The number of fused-ring (bicyclic) bond motifs is 2. The molecule has 4 rings (SSSR count). The number of hydrogen-bond donors (Lipinski definition) is 2. The van der Waals surface area contributed by atoms with E-state index >= 15 is 0 Å². The molecular formula is C16H11F2N3O3. The van der Waals surface area contributed by atoms with E-state index in [1.807, 2.05) is 24.3 Å². The van der Waals surface area contributed by atoms with Gasteiger partial charge in [0, 0.05) is 5.56 Å². The van der Waals surface area contributed by atoms with E-state index in [2.05, 4.69) is 24.8 Å². The number of aromatic amines is 1. The van der Waals surface area contributed by atoms with Crippen molar-refractivity contribution in [3.05, 3.63) is 53.9 Å². The monoisotopic (exact) mass is 331 g/mol. The largest absolute Gasteiger partial charge is 0.586 e. The molecule has 3 aromatic rings. The van der Waals surface area contributed by atoms with Crippen LogP contribution >= 0.6 is 0 Å². The lowest BCUT2D eigenvalue weighted by Crippen LogP contribution is -2.26. The first-order valence-corrected chi connectivity index (χ1v) is 7.12. The number of benzene rings is 2. The van der Waals surface area contributed by atoms with Gasteiger partial charge in [0.1, 0.15) is 5.82 Å². The third-order valence-electron chi connectivity index (χ3n) is 3.52. The van der Waals surface area contributed by atoms with Gasteiger partial charge in [-0.25, -0.2) is 4.98 Å². The molecule has 24 heavy (non-hydrogen) atoms. The molecule has 0 saturated heterocycles. The SMILES string of the molecule is O=C(NCc1nc2ccccc2[nH]1)c1ccc2c(c1)OC(F)(F)O2. The predicted molar refractivity (Wildman–Crippen MR) is 79.9 cm³/mol. The van der Waals surface area contributed by atoms with Gasteiger partial charge >= 0.3 is 6.29 Å². The first-order chi connectivity index (χ1) is 11.5. The van der Waals surface area contributed by atoms with Crippen molar-refractivity contribution in [2.45, 2.75) is 12.8 Å². The van der Waals surface area contributed by atoms with E-state index in [1.54, 1.807) is 0 Å². The Morgan fingerprint density at radius 3 is 2.79 bits per heavy atom. The minimum Gasteiger partial charge on any atom is -0.395 e. The van der Waals surface area contributed by atoms with Crippen LogP contribution in [0.2, 0.25) is 0 Å². The normalized spacial score (nSPS) is 14.8. The van der Waals surface area contributed by atoms with Gasteiger partial charge in [-0.1, -0.05) is 12.1 Å². The zero-order valence-corrected chi connectivity index (χ0v) is 12.2. The number of nitrogens with zero attached hydrogens (tertiary/aromatic N) is 1. The molecule has 2 N–H and O–H groups in total. The zero-order chi connectivity index (χ0) is 16.7. The number of aromatic nitrogens is 2. The van der Waals surface area contributed by atoms with Crippen LogP contribution < -0.4 is 14.8 Å². The Labute approximate surface area is 134 Å². The highest BCUT2D eigenvalue weighted by Gasteiger charge is 2.43. The lowest BCUT2D eigenvalue weighted by molar-refractivity contribution is -0.286. The van der Waals surface area contributed by atoms with Gasteiger partial charge in [0.2, 0.25) is 0 Å². The maximum Gasteiger partial charge on any atom is 0.586 e. The highest BCUT2D eigenvalue weighted by molar-refractivity contribution is 5.94. The number of rotatable bonds is 3. The summed E-state index contributed by atoms with van der Waals surface area (Å²) < 4.78 is 34.6. The molecule has 8 heteroatoms. The first-order valence-electron chi connectivity index (χ1n) is 7.12. The molecule has 0 spiro atoms. The summed E-state index contributed by atoms with van der Waals surface area (Å²) in [5.74, 6) is -0.112. The molecule has 0 fully saturated rings. The Kier molecular flexibility index (Phi) is 3.12. The zero-order valence-electron chi connectivity index (χ0n) is 12.2. The summed E-state index contributed by atoms with van der Waals surface area (Å²) in [4.78, 5) is 19.6. The molecule has 0 atom stereocenters. The summed E-state index contributed by atoms with van der Waals surface area (Å²) in [7, 11) is 0. The number of alkyl halides is 2. The molecule has 6 nitrogen and oxygen atoms in total. The van der Waals surface area contributed by atoms with Crippen molar-refractivity contribution in [3.8, 4) is 11.5 Å². The average Bonchev–Trinajstić information content (AvgIpc) is 3.09. The molecule has 122 valence electrons. The summed E-state index contributed by atoms with van der Waals surface area (Å²) >= 11 is 0. The number of halogens is 2. The minimum atomic E-state index is -3.70. The van der Waals surface area contributed by atoms with Crippen LogP contribution in [-0.4, -0.2) is 22.2 Å². The fourth-order valence-electron chi connectivity index (χ4n) is 2.45. The molecule has 2 heterocycles. The topological polar surface area (TPSA) is 76.2 Å². The highest BCUT2D eigenvalue weighted by atomic mass is 19.3. The van der Waals surface area contributed by atoms with Crippen molar-refractivity contribution in [1.29, 1.82) is 0 Å². The molecule has 1 aromatic heterocycles. The van der Waals surface area contributed by atoms with E-state index in [0.29, 0.717) is 5.82 Å². The Morgan fingerprint density at radius 2 is 1.96 bits per heavy atom. The van der Waals surface area contributed by atoms with Crippen molar-refractivity contribution in [2.24, 2.45) is 0 Å². The number of H-pyrrole nitrogens is 1. The van der Waals surface area contributed by atoms with Crippen LogP contribution in [0.3, 0.4) is 0 Å². The van der Waals surface area contributed by atoms with Crippen molar-refractivity contribution < 1.29 is 23.0 Å². The van der Waals surface area contributed by atoms with E-state index in [1.165, 1.54) is 18.2 Å². The average molecular weight is 331 g/mol. The number of carbonyl (C=O) groups is 1. The molecule has 0 unspecified atom stereocenters. The van der Waals surface area contributed by atoms with E-state index in [0.717, 1.165) is 11.0 Å². The molecule has 0 aliphatic carbocycles. The predicted octanol–water partition coefficient (Wildman–Crippen LogP) is 2.81. The van der Waals surface area contributed by atoms with Crippen LogP contribution in [0.1, 0.15) is 16.2 Å². The summed E-state index contributed by atoms with van der Waals surface area (Å²) in [6, 6.07) is 11.4. The van der Waals surface area contributed by atoms with Crippen molar-refractivity contribution in [2.75, 3.05) is 0 Å². The summed E-state index contributed by atoms with van der Waals surface area (Å²) in [6.07, 6.45) is -3.70. The van der Waals surface area contributed by atoms with Gasteiger partial charge in [-0.05, 0) is 30.3 Å². The second kappa shape index (κ2) is 5.19. The maximum absolute atomic E-state index is 13.0. The van der Waals surface area contributed by atoms with Gasteiger partial charge in [-0.2, -0.15) is 0 Å². The van der Waals surface area contributed by atoms with Gasteiger partial charge < -0.3 is 19.8 Å². The lowest BCUT2D eigenvalue weighted by atomic mass is 10.2. The molecule has 0 saturated carbocycles. The fourth-order valence-corrected chi connectivity index (χ4v) is 2.45. The van der Waals surface area contributed by atoms with Gasteiger partial charge in [0.25, 0.3) is 5.91 Å². The third-order valence-corrected chi connectivity index (χ3v) is 3.52. The Morgan fingerprint density at radius 1 is 1.17 bits per heavy atom. The summed E-state index contributed by atoms with van der Waals surface area (Å²) in [5.41, 5.74) is 1.85. The second-order valence-corrected chi connectivity index (χ2v) is 5.21. The molecule has 0 bridgehead atoms. The maximum atomic E-state index is 13.0. The van der Waals surface area contributed by atoms with Gasteiger partial charge in [-0.15, -0.1) is 8.78 Å². The van der Waals surface area contributed by atoms with Crippen LogP contribution in [-0.2, 0) is 6.54 Å². The van der Waals surface area contributed by atoms with Crippen LogP contribution in [0, 0.1) is 0 Å². The van der Waals surface area contributed by atoms with E-state index in [-0.39, 0.29) is 23.6 Å². The Hall–Kier alpha value is -3.16. The van der Waals surface area contributed by atoms with Crippen LogP contribution in [0.15, 0.2) is 42.5 Å². The third kappa shape index (κ3) is 2.62. The molecular weight excluding hydrogens is 320 g/mol. The van der Waals surface area contributed by atoms with Gasteiger partial charge in [0.05, 0.1) is 17.6 Å². The van der Waals surface area contributed by atoms with Crippen molar-refractivity contribution >= 4 is 16.9 Å². The quantitative estimate of drug-likeness (QED) is 0.774. The number of hydrogen-bond acceptors (Lipinski definition) is 4. The minimum absolute atomic E-state index is 0.103. The summed E-state index contributed by atoms with van der Waals surface area (Å²) in [6.45, 7) is 0.179. The first kappa shape index (κ1) is 14.4. The van der Waals surface area contributed by atoms with Crippen LogP contribution in [0.4, 0.5) is 8.78 Å². The number of para-hydroxylation sites is 2. The van der Waals surface area contributed by atoms with Crippen LogP contribution in [0.5, 0.6) is 11.5 Å². The Bertz CT molecular complexity index is 906. The number of amides is 1. The van der Waals surface area contributed by atoms with Crippen LogP contribution in [0.25, 0.3) is 11.0 Å². The molecule has 1 aliphatic rings. The molecule has 1 aliphatic heterocycles. The number of nitrogens with one attached hydrogen (secondary N) is 2. The standard InChI is InChI=1S/C16H11F2N3O3/c17-16(18)23-12-6-5-9(7-13(12)24-16)15(22)19-8-14-20-10-3-1-2-4-11(10)21-14/h1-7H,8H2,(H,19,22)(H,20,21). The number of ether oxygens (including phenoxy) is 2. The Balaban J connectivity index is 1.47. The summed E-state index contributed by atoms with van der Waals surface area (Å²) in [5, 5.41) is 2.67. The number of carbonyl (C=O) groups excluding carboxylic acids is 1. The van der Waals surface area contributed by atoms with Crippen molar-refractivity contribution in [1.82, 2.24) is 15.3 Å². The van der Waals surface area contributed by atoms with E-state index in [4.69, 9.17) is 0 Å². The van der Waals surface area contributed by atoms with Gasteiger partial charge in [0.15, 0.2) is 11.5 Å². The van der Waals surface area contributed by atoms with Crippen molar-refractivity contribution in [3.63, 3.8) is 0 Å². The second-order valence-electron chi connectivity index (χ2n) is 5.21. The van der Waals surface area contributed by atoms with E-state index in [9.17, 15) is 13.6 Å². The molecule has 1 amide bonds. The number of imidazole rings is 1. The fraction of sp³-hybridized carbons (Fsp3) is 0.125. The molecule has 0 radical (unpaired) electrons. The van der Waals surface area contributed by atoms with E-state index < -0.39 is 12.2 Å². The smallest absolute Gasteiger partial charge is 0.395 e.